The molecule has 1 rings (SSSR count). The van der Waals surface area contributed by atoms with E-state index in [4.69, 9.17) is 5.11 Å². The third kappa shape index (κ3) is 5.63. The molecule has 0 aliphatic carbocycles. The highest BCUT2D eigenvalue weighted by molar-refractivity contribution is 7.12. The van der Waals surface area contributed by atoms with Gasteiger partial charge in [0.15, 0.2) is 0 Å². The van der Waals surface area contributed by atoms with Crippen molar-refractivity contribution in [1.82, 2.24) is 4.90 Å². The van der Waals surface area contributed by atoms with Gasteiger partial charge in [0.2, 0.25) is 0 Å². The molecule has 94 valence electrons. The zero-order chi connectivity index (χ0) is 12.8. The lowest BCUT2D eigenvalue weighted by Crippen LogP contribution is -2.26. The molecule has 0 aromatic carbocycles. The van der Waals surface area contributed by atoms with Crippen LogP contribution in [-0.4, -0.2) is 40.8 Å². The highest BCUT2D eigenvalue weighted by Crippen LogP contribution is 2.19. The summed E-state index contributed by atoms with van der Waals surface area (Å²) in [6.07, 6.45) is 2.38. The van der Waals surface area contributed by atoms with E-state index in [2.05, 4.69) is 0 Å². The quantitative estimate of drug-likeness (QED) is 0.759. The van der Waals surface area contributed by atoms with E-state index in [1.807, 2.05) is 24.1 Å². The number of carbonyl (C=O) groups is 1. The zero-order valence-corrected chi connectivity index (χ0v) is 10.8. The molecule has 2 N–H and O–H groups in total. The fourth-order valence-electron chi connectivity index (χ4n) is 1.50. The van der Waals surface area contributed by atoms with Gasteiger partial charge in [-0.2, -0.15) is 0 Å². The first-order chi connectivity index (χ1) is 7.97. The normalized spacial score (nSPS) is 13.4. The number of hydrogen-bond acceptors (Lipinski definition) is 4. The summed E-state index contributed by atoms with van der Waals surface area (Å²) in [6.45, 7) is 3.14. The fourth-order valence-corrected chi connectivity index (χ4v) is 2.50. The number of likely N-dealkylation sites (N-methyl/N-ethyl adjacent to an activating group) is 1. The second kappa shape index (κ2) is 6.54. The van der Waals surface area contributed by atoms with Crippen molar-refractivity contribution in [2.75, 3.05) is 13.6 Å². The Labute approximate surface area is 105 Å². The molecule has 0 spiro atoms. The van der Waals surface area contributed by atoms with Crippen LogP contribution in [0, 0.1) is 0 Å². The third-order valence-electron chi connectivity index (χ3n) is 2.07. The predicted molar refractivity (Wildman–Crippen MR) is 69.0 cm³/mol. The lowest BCUT2D eigenvalue weighted by molar-refractivity contribution is -0.131. The molecule has 5 heteroatoms. The summed E-state index contributed by atoms with van der Waals surface area (Å²) in [6, 6.07) is 3.88. The maximum atomic E-state index is 10.4. The lowest BCUT2D eigenvalue weighted by Gasteiger charge is -2.16. The highest BCUT2D eigenvalue weighted by atomic mass is 32.1. The molecule has 1 aromatic heterocycles. The predicted octanol–water partition coefficient (Wildman–Crippen LogP) is 1.66. The Hall–Kier alpha value is -1.17. The fraction of sp³-hybridized carbons (Fsp3) is 0.417. The average Bonchev–Trinajstić information content (AvgIpc) is 2.61. The molecule has 0 saturated heterocycles. The van der Waals surface area contributed by atoms with Gasteiger partial charge in [-0.25, -0.2) is 4.79 Å². The highest BCUT2D eigenvalue weighted by Gasteiger charge is 2.05. The summed E-state index contributed by atoms with van der Waals surface area (Å²) in [5.41, 5.74) is 0. The standard InChI is InChI=1S/C12H17NO3S/c1-9(14)7-13(2)8-11-4-3-10(17-11)5-6-12(15)16/h3-6,9,14H,7-8H2,1-2H3,(H,15,16). The molecular weight excluding hydrogens is 238 g/mol. The monoisotopic (exact) mass is 255 g/mol. The Bertz CT molecular complexity index is 398. The van der Waals surface area contributed by atoms with Crippen molar-refractivity contribution in [3.05, 3.63) is 28.0 Å². The van der Waals surface area contributed by atoms with E-state index in [9.17, 15) is 9.90 Å². The minimum atomic E-state index is -0.939. The van der Waals surface area contributed by atoms with Crippen molar-refractivity contribution in [2.45, 2.75) is 19.6 Å². The van der Waals surface area contributed by atoms with E-state index >= 15 is 0 Å². The van der Waals surface area contributed by atoms with Crippen molar-refractivity contribution in [3.63, 3.8) is 0 Å². The van der Waals surface area contributed by atoms with Gasteiger partial charge in [-0.3, -0.25) is 4.90 Å². The maximum Gasteiger partial charge on any atom is 0.328 e. The van der Waals surface area contributed by atoms with E-state index < -0.39 is 5.97 Å². The second-order valence-corrected chi connectivity index (χ2v) is 5.22. The first-order valence-corrected chi connectivity index (χ1v) is 6.15. The van der Waals surface area contributed by atoms with Crippen molar-refractivity contribution >= 4 is 23.4 Å². The number of carboxylic acid groups (broad SMARTS) is 1. The summed E-state index contributed by atoms with van der Waals surface area (Å²) in [4.78, 5) is 14.5. The van der Waals surface area contributed by atoms with Crippen LogP contribution in [0.4, 0.5) is 0 Å². The second-order valence-electron chi connectivity index (χ2n) is 4.02. The van der Waals surface area contributed by atoms with Gasteiger partial charge in [0, 0.05) is 28.9 Å². The first-order valence-electron chi connectivity index (χ1n) is 5.33. The van der Waals surface area contributed by atoms with Crippen LogP contribution in [0.2, 0.25) is 0 Å². The zero-order valence-electron chi connectivity index (χ0n) is 9.96. The van der Waals surface area contributed by atoms with Crippen LogP contribution in [0.1, 0.15) is 16.7 Å². The van der Waals surface area contributed by atoms with Crippen LogP contribution in [0.5, 0.6) is 0 Å². The number of rotatable bonds is 6. The van der Waals surface area contributed by atoms with Gasteiger partial charge in [0.1, 0.15) is 0 Å². The molecule has 0 aliphatic rings. The third-order valence-corrected chi connectivity index (χ3v) is 3.11. The summed E-state index contributed by atoms with van der Waals surface area (Å²) in [5.74, 6) is -0.939. The topological polar surface area (TPSA) is 60.8 Å². The van der Waals surface area contributed by atoms with Gasteiger partial charge in [0.25, 0.3) is 0 Å². The molecule has 0 saturated carbocycles. The van der Waals surface area contributed by atoms with Crippen molar-refractivity contribution in [3.8, 4) is 0 Å². The molecular formula is C12H17NO3S. The molecule has 0 aliphatic heterocycles. The van der Waals surface area contributed by atoms with E-state index in [0.717, 1.165) is 22.4 Å². The Morgan fingerprint density at radius 1 is 1.59 bits per heavy atom. The minimum Gasteiger partial charge on any atom is -0.478 e. The summed E-state index contributed by atoms with van der Waals surface area (Å²) >= 11 is 1.56. The van der Waals surface area contributed by atoms with Crippen LogP contribution in [-0.2, 0) is 11.3 Å². The van der Waals surface area contributed by atoms with Crippen LogP contribution in [0.25, 0.3) is 6.08 Å². The summed E-state index contributed by atoms with van der Waals surface area (Å²) in [5, 5.41) is 17.7. The van der Waals surface area contributed by atoms with Gasteiger partial charge in [0.05, 0.1) is 6.10 Å². The number of aliphatic hydroxyl groups excluding tert-OH is 1. The molecule has 0 amide bonds. The Morgan fingerprint density at radius 2 is 2.29 bits per heavy atom. The van der Waals surface area contributed by atoms with E-state index in [0.29, 0.717) is 6.54 Å². The SMILES string of the molecule is CC(O)CN(C)Cc1ccc(C=CC(=O)O)s1. The molecule has 0 bridgehead atoms. The molecule has 4 nitrogen and oxygen atoms in total. The number of nitrogens with zero attached hydrogens (tertiary/aromatic N) is 1. The Balaban J connectivity index is 2.53. The molecule has 1 unspecified atom stereocenters. The van der Waals surface area contributed by atoms with Gasteiger partial charge >= 0.3 is 5.97 Å². The van der Waals surface area contributed by atoms with Crippen LogP contribution in [0.15, 0.2) is 18.2 Å². The number of thiophene rings is 1. The molecule has 0 radical (unpaired) electrons. The number of aliphatic hydroxyl groups is 1. The van der Waals surface area contributed by atoms with Crippen LogP contribution in [0.3, 0.4) is 0 Å². The molecule has 0 fully saturated rings. The van der Waals surface area contributed by atoms with Gasteiger partial charge in [-0.1, -0.05) is 0 Å². The number of aliphatic carboxylic acids is 1. The van der Waals surface area contributed by atoms with Gasteiger partial charge < -0.3 is 10.2 Å². The molecule has 1 heterocycles. The van der Waals surface area contributed by atoms with Crippen molar-refractivity contribution < 1.29 is 15.0 Å². The van der Waals surface area contributed by atoms with Gasteiger partial charge in [-0.15, -0.1) is 11.3 Å². The number of hydrogen-bond donors (Lipinski definition) is 2. The van der Waals surface area contributed by atoms with Crippen molar-refractivity contribution in [2.24, 2.45) is 0 Å². The van der Waals surface area contributed by atoms with Crippen molar-refractivity contribution in [1.29, 1.82) is 0 Å². The summed E-state index contributed by atoms with van der Waals surface area (Å²) < 4.78 is 0. The van der Waals surface area contributed by atoms with Crippen LogP contribution < -0.4 is 0 Å². The summed E-state index contributed by atoms with van der Waals surface area (Å²) in [7, 11) is 1.94. The van der Waals surface area contributed by atoms with E-state index in [1.54, 1.807) is 24.3 Å². The average molecular weight is 255 g/mol. The van der Waals surface area contributed by atoms with E-state index in [1.165, 1.54) is 0 Å². The largest absolute Gasteiger partial charge is 0.478 e. The Kier molecular flexibility index (Phi) is 5.34. The molecule has 17 heavy (non-hydrogen) atoms. The maximum absolute atomic E-state index is 10.4. The molecule has 1 atom stereocenters. The minimum absolute atomic E-state index is 0.341. The number of carboxylic acids is 1. The molecule has 1 aromatic rings. The van der Waals surface area contributed by atoms with Gasteiger partial charge in [-0.05, 0) is 32.2 Å². The van der Waals surface area contributed by atoms with Crippen LogP contribution >= 0.6 is 11.3 Å². The first kappa shape index (κ1) is 13.9. The Morgan fingerprint density at radius 3 is 2.88 bits per heavy atom. The smallest absolute Gasteiger partial charge is 0.328 e. The van der Waals surface area contributed by atoms with E-state index in [-0.39, 0.29) is 6.10 Å². The lowest BCUT2D eigenvalue weighted by atomic mass is 10.3.